The molecule has 1 aliphatic rings. The molecule has 1 fully saturated rings. The summed E-state index contributed by atoms with van der Waals surface area (Å²) in [5.41, 5.74) is 2.70. The van der Waals surface area contributed by atoms with Gasteiger partial charge in [-0.3, -0.25) is 14.2 Å². The molecule has 0 aliphatic carbocycles. The lowest BCUT2D eigenvalue weighted by molar-refractivity contribution is 0.0849. The van der Waals surface area contributed by atoms with Crippen LogP contribution in [0.5, 0.6) is 0 Å². The quantitative estimate of drug-likeness (QED) is 0.624. The van der Waals surface area contributed by atoms with Crippen LogP contribution in [-0.2, 0) is 11.3 Å². The molecule has 0 radical (unpaired) electrons. The molecular formula is C25H28N4O4. The van der Waals surface area contributed by atoms with Gasteiger partial charge in [0, 0.05) is 13.2 Å². The van der Waals surface area contributed by atoms with Crippen molar-refractivity contribution in [3.63, 3.8) is 0 Å². The molecule has 1 atom stereocenters. The number of carbonyl (C=O) groups is 1. The third-order valence-electron chi connectivity index (χ3n) is 5.95. The van der Waals surface area contributed by atoms with Crippen molar-refractivity contribution in [1.29, 1.82) is 0 Å². The van der Waals surface area contributed by atoms with E-state index in [0.29, 0.717) is 18.8 Å². The number of carbonyl (C=O) groups excluding carboxylic acids is 1. The molecule has 4 rings (SSSR count). The number of aromatic nitrogens is 3. The van der Waals surface area contributed by atoms with Crippen LogP contribution < -0.4 is 16.6 Å². The van der Waals surface area contributed by atoms with Gasteiger partial charge in [-0.15, -0.1) is 0 Å². The van der Waals surface area contributed by atoms with Gasteiger partial charge in [0.1, 0.15) is 0 Å². The van der Waals surface area contributed by atoms with Crippen LogP contribution in [0, 0.1) is 20.8 Å². The highest BCUT2D eigenvalue weighted by molar-refractivity contribution is 5.91. The molecule has 2 heterocycles. The van der Waals surface area contributed by atoms with Crippen LogP contribution in [0.2, 0.25) is 0 Å². The fraction of sp³-hybridized carbons (Fsp3) is 0.360. The summed E-state index contributed by atoms with van der Waals surface area (Å²) in [7, 11) is 0. The Morgan fingerprint density at radius 1 is 1.12 bits per heavy atom. The second-order valence-corrected chi connectivity index (χ2v) is 8.54. The van der Waals surface area contributed by atoms with Gasteiger partial charge >= 0.3 is 5.69 Å². The molecule has 1 saturated heterocycles. The summed E-state index contributed by atoms with van der Waals surface area (Å²) < 4.78 is 7.74. The van der Waals surface area contributed by atoms with Gasteiger partial charge in [0.25, 0.3) is 11.5 Å². The fourth-order valence-corrected chi connectivity index (χ4v) is 3.91. The Morgan fingerprint density at radius 3 is 2.64 bits per heavy atom. The minimum atomic E-state index is -0.716. The summed E-state index contributed by atoms with van der Waals surface area (Å²) in [4.78, 5) is 39.5. The largest absolute Gasteiger partial charge is 0.376 e. The van der Waals surface area contributed by atoms with Crippen molar-refractivity contribution in [2.24, 2.45) is 0 Å². The first-order valence-electron chi connectivity index (χ1n) is 11.1. The van der Waals surface area contributed by atoms with Gasteiger partial charge in [-0.25, -0.2) is 4.79 Å². The summed E-state index contributed by atoms with van der Waals surface area (Å²) in [6, 6.07) is 13.0. The molecule has 33 heavy (non-hydrogen) atoms. The Hall–Kier alpha value is -3.52. The Bertz CT molecular complexity index is 1300. The van der Waals surface area contributed by atoms with Crippen molar-refractivity contribution in [3.05, 3.63) is 91.3 Å². The van der Waals surface area contributed by atoms with E-state index >= 15 is 0 Å². The van der Waals surface area contributed by atoms with Crippen LogP contribution in [0.4, 0.5) is 0 Å². The van der Waals surface area contributed by atoms with Gasteiger partial charge in [-0.1, -0.05) is 35.9 Å². The average Bonchev–Trinajstić information content (AvgIpc) is 3.31. The van der Waals surface area contributed by atoms with Gasteiger partial charge < -0.3 is 10.1 Å². The number of hydrogen-bond acceptors (Lipinski definition) is 5. The summed E-state index contributed by atoms with van der Waals surface area (Å²) in [5.74, 6) is -0.619. The van der Waals surface area contributed by atoms with Crippen LogP contribution >= 0.6 is 0 Å². The maximum atomic E-state index is 13.3. The molecule has 0 spiro atoms. The second kappa shape index (κ2) is 9.54. The average molecular weight is 449 g/mol. The van der Waals surface area contributed by atoms with E-state index < -0.39 is 17.2 Å². The predicted octanol–water partition coefficient (Wildman–Crippen LogP) is 2.28. The molecule has 0 saturated carbocycles. The molecular weight excluding hydrogens is 420 g/mol. The Kier molecular flexibility index (Phi) is 6.55. The van der Waals surface area contributed by atoms with Crippen molar-refractivity contribution in [1.82, 2.24) is 19.7 Å². The molecule has 8 heteroatoms. The number of hydrogen-bond donors (Lipinski definition) is 1. The van der Waals surface area contributed by atoms with E-state index in [-0.39, 0.29) is 18.3 Å². The first kappa shape index (κ1) is 22.7. The summed E-state index contributed by atoms with van der Waals surface area (Å²) in [6.07, 6.45) is 1.72. The molecule has 1 amide bonds. The van der Waals surface area contributed by atoms with Gasteiger partial charge in [0.15, 0.2) is 0 Å². The SMILES string of the molecule is Cc1cccc(Cn2c(=O)c(C(=O)NC[C@H]3CCCO3)nn(-c3ccc(C)c(C)c3)c2=O)c1. The van der Waals surface area contributed by atoms with Crippen LogP contribution in [0.3, 0.4) is 0 Å². The van der Waals surface area contributed by atoms with E-state index in [1.165, 1.54) is 0 Å². The Morgan fingerprint density at radius 2 is 1.94 bits per heavy atom. The van der Waals surface area contributed by atoms with E-state index in [0.717, 1.165) is 44.3 Å². The van der Waals surface area contributed by atoms with E-state index in [9.17, 15) is 14.4 Å². The molecule has 1 aliphatic heterocycles. The van der Waals surface area contributed by atoms with Crippen LogP contribution in [0.1, 0.15) is 45.6 Å². The third-order valence-corrected chi connectivity index (χ3v) is 5.95. The second-order valence-electron chi connectivity index (χ2n) is 8.54. The number of rotatable bonds is 6. The van der Waals surface area contributed by atoms with Crippen molar-refractivity contribution < 1.29 is 9.53 Å². The van der Waals surface area contributed by atoms with Gasteiger partial charge in [-0.05, 0) is 62.4 Å². The number of nitrogens with one attached hydrogen (secondary N) is 1. The minimum absolute atomic E-state index is 0.0404. The first-order chi connectivity index (χ1) is 15.8. The lowest BCUT2D eigenvalue weighted by Crippen LogP contribution is -2.46. The van der Waals surface area contributed by atoms with Crippen molar-refractivity contribution in [2.75, 3.05) is 13.2 Å². The lowest BCUT2D eigenvalue weighted by atomic mass is 10.1. The van der Waals surface area contributed by atoms with E-state index in [1.807, 2.05) is 57.2 Å². The highest BCUT2D eigenvalue weighted by Crippen LogP contribution is 2.13. The summed E-state index contributed by atoms with van der Waals surface area (Å²) in [6.45, 7) is 6.84. The summed E-state index contributed by atoms with van der Waals surface area (Å²) in [5, 5.41) is 6.94. The standard InChI is InChI=1S/C25H28N4O4/c1-16-6-4-7-19(12-16)15-28-24(31)22(23(30)26-14-21-8-5-11-33-21)27-29(25(28)32)20-10-9-17(2)18(3)13-20/h4,6-7,9-10,12-13,21H,5,8,11,14-15H2,1-3H3,(H,26,30)/t21-/m1/s1. The maximum Gasteiger partial charge on any atom is 0.352 e. The number of aryl methyl sites for hydroxylation is 3. The van der Waals surface area contributed by atoms with Crippen LogP contribution in [0.25, 0.3) is 5.69 Å². The third kappa shape index (κ3) is 4.96. The topological polar surface area (TPSA) is 95.2 Å². The summed E-state index contributed by atoms with van der Waals surface area (Å²) >= 11 is 0. The van der Waals surface area contributed by atoms with Crippen molar-refractivity contribution in [2.45, 2.75) is 46.3 Å². The van der Waals surface area contributed by atoms with Gasteiger partial charge in [0.05, 0.1) is 18.3 Å². The smallest absolute Gasteiger partial charge is 0.352 e. The zero-order valence-corrected chi connectivity index (χ0v) is 19.1. The molecule has 0 unspecified atom stereocenters. The van der Waals surface area contributed by atoms with Crippen LogP contribution in [0.15, 0.2) is 52.1 Å². The predicted molar refractivity (Wildman–Crippen MR) is 125 cm³/mol. The number of benzene rings is 2. The van der Waals surface area contributed by atoms with E-state index in [4.69, 9.17) is 4.74 Å². The number of ether oxygens (including phenoxy) is 1. The molecule has 3 aromatic rings. The van der Waals surface area contributed by atoms with E-state index in [1.54, 1.807) is 6.07 Å². The molecule has 2 aromatic carbocycles. The molecule has 1 aromatic heterocycles. The lowest BCUT2D eigenvalue weighted by Gasteiger charge is -2.14. The highest BCUT2D eigenvalue weighted by Gasteiger charge is 2.23. The number of nitrogens with zero attached hydrogens (tertiary/aromatic N) is 3. The Balaban J connectivity index is 1.79. The van der Waals surface area contributed by atoms with Gasteiger partial charge in [0.2, 0.25) is 5.69 Å². The Labute approximate surface area is 191 Å². The minimum Gasteiger partial charge on any atom is -0.376 e. The van der Waals surface area contributed by atoms with Crippen molar-refractivity contribution >= 4 is 5.91 Å². The van der Waals surface area contributed by atoms with E-state index in [2.05, 4.69) is 10.4 Å². The molecule has 1 N–H and O–H groups in total. The molecule has 172 valence electrons. The molecule has 8 nitrogen and oxygen atoms in total. The number of amides is 1. The van der Waals surface area contributed by atoms with Crippen molar-refractivity contribution in [3.8, 4) is 5.69 Å². The molecule has 0 bridgehead atoms. The fourth-order valence-electron chi connectivity index (χ4n) is 3.91. The first-order valence-corrected chi connectivity index (χ1v) is 11.1. The normalized spacial score (nSPS) is 15.5. The highest BCUT2D eigenvalue weighted by atomic mass is 16.5. The van der Waals surface area contributed by atoms with Gasteiger partial charge in [-0.2, -0.15) is 9.78 Å². The monoisotopic (exact) mass is 448 g/mol. The maximum absolute atomic E-state index is 13.3. The zero-order chi connectivity index (χ0) is 23.5. The zero-order valence-electron chi connectivity index (χ0n) is 19.1. The van der Waals surface area contributed by atoms with Crippen LogP contribution in [-0.4, -0.2) is 39.5 Å².